The first-order valence-corrected chi connectivity index (χ1v) is 7.96. The highest BCUT2D eigenvalue weighted by Crippen LogP contribution is 2.41. The van der Waals surface area contributed by atoms with Crippen LogP contribution in [-0.4, -0.2) is 29.6 Å². The lowest BCUT2D eigenvalue weighted by Crippen LogP contribution is -2.47. The molecule has 108 valence electrons. The van der Waals surface area contributed by atoms with E-state index in [0.29, 0.717) is 17.8 Å². The molecule has 1 aliphatic carbocycles. The predicted octanol–water partition coefficient (Wildman–Crippen LogP) is 3.61. The SMILES string of the molecule is Fc1ccccc1OC1CC2CCC(C1)N2CC1CC1. The minimum absolute atomic E-state index is 0.194. The minimum atomic E-state index is -0.236. The van der Waals surface area contributed by atoms with Crippen LogP contribution in [0.5, 0.6) is 5.75 Å². The molecule has 0 spiro atoms. The molecule has 2 atom stereocenters. The summed E-state index contributed by atoms with van der Waals surface area (Å²) in [6.07, 6.45) is 7.77. The molecule has 2 nitrogen and oxygen atoms in total. The number of halogens is 1. The molecule has 0 amide bonds. The quantitative estimate of drug-likeness (QED) is 0.832. The first-order valence-electron chi connectivity index (χ1n) is 7.96. The van der Waals surface area contributed by atoms with E-state index in [0.717, 1.165) is 18.8 Å². The molecule has 3 aliphatic rings. The molecule has 2 aliphatic heterocycles. The van der Waals surface area contributed by atoms with Gasteiger partial charge in [-0.25, -0.2) is 4.39 Å². The Hall–Kier alpha value is -1.09. The van der Waals surface area contributed by atoms with Crippen LogP contribution in [0.25, 0.3) is 0 Å². The van der Waals surface area contributed by atoms with Crippen LogP contribution in [0.4, 0.5) is 4.39 Å². The van der Waals surface area contributed by atoms with E-state index in [1.807, 2.05) is 6.07 Å². The van der Waals surface area contributed by atoms with Gasteiger partial charge in [0.2, 0.25) is 0 Å². The van der Waals surface area contributed by atoms with Gasteiger partial charge in [0.05, 0.1) is 0 Å². The van der Waals surface area contributed by atoms with Crippen LogP contribution < -0.4 is 4.74 Å². The standard InChI is InChI=1S/C17H22FNO/c18-16-3-1-2-4-17(16)20-15-9-13-7-8-14(10-15)19(13)11-12-5-6-12/h1-4,12-15H,5-11H2. The molecule has 0 aromatic heterocycles. The van der Waals surface area contributed by atoms with E-state index in [1.54, 1.807) is 12.1 Å². The number of fused-ring (bicyclic) bond motifs is 2. The topological polar surface area (TPSA) is 12.5 Å². The first-order chi connectivity index (χ1) is 9.79. The van der Waals surface area contributed by atoms with Crippen LogP contribution in [0.15, 0.2) is 24.3 Å². The number of piperidine rings is 1. The molecule has 2 heterocycles. The van der Waals surface area contributed by atoms with E-state index in [9.17, 15) is 4.39 Å². The Balaban J connectivity index is 1.41. The van der Waals surface area contributed by atoms with Crippen LogP contribution in [0, 0.1) is 11.7 Å². The lowest BCUT2D eigenvalue weighted by molar-refractivity contribution is 0.0446. The van der Waals surface area contributed by atoms with Gasteiger partial charge >= 0.3 is 0 Å². The predicted molar refractivity (Wildman–Crippen MR) is 76.3 cm³/mol. The summed E-state index contributed by atoms with van der Waals surface area (Å²) in [5.74, 6) is 1.15. The fourth-order valence-corrected chi connectivity index (χ4v) is 3.94. The monoisotopic (exact) mass is 275 g/mol. The zero-order chi connectivity index (χ0) is 13.5. The van der Waals surface area contributed by atoms with Gasteiger partial charge in [0.25, 0.3) is 0 Å². The average Bonchev–Trinajstić information content (AvgIpc) is 3.21. The van der Waals surface area contributed by atoms with Gasteiger partial charge in [-0.1, -0.05) is 12.1 Å². The van der Waals surface area contributed by atoms with Crippen molar-refractivity contribution >= 4 is 0 Å². The maximum atomic E-state index is 13.7. The molecular formula is C17H22FNO. The summed E-state index contributed by atoms with van der Waals surface area (Å²) >= 11 is 0. The molecular weight excluding hydrogens is 253 g/mol. The summed E-state index contributed by atoms with van der Waals surface area (Å²) in [6.45, 7) is 1.29. The van der Waals surface area contributed by atoms with Crippen molar-refractivity contribution in [2.45, 2.75) is 56.7 Å². The average molecular weight is 275 g/mol. The van der Waals surface area contributed by atoms with Gasteiger partial charge < -0.3 is 4.74 Å². The number of nitrogens with zero attached hydrogens (tertiary/aromatic N) is 1. The van der Waals surface area contributed by atoms with E-state index >= 15 is 0 Å². The van der Waals surface area contributed by atoms with Crippen molar-refractivity contribution < 1.29 is 9.13 Å². The van der Waals surface area contributed by atoms with Crippen molar-refractivity contribution in [3.63, 3.8) is 0 Å². The zero-order valence-electron chi connectivity index (χ0n) is 11.8. The smallest absolute Gasteiger partial charge is 0.165 e. The number of rotatable bonds is 4. The van der Waals surface area contributed by atoms with Crippen molar-refractivity contribution in [2.24, 2.45) is 5.92 Å². The fraction of sp³-hybridized carbons (Fsp3) is 0.647. The Bertz CT molecular complexity index is 474. The van der Waals surface area contributed by atoms with Gasteiger partial charge in [-0.05, 0) is 56.6 Å². The van der Waals surface area contributed by atoms with E-state index < -0.39 is 0 Å². The second-order valence-corrected chi connectivity index (χ2v) is 6.67. The van der Waals surface area contributed by atoms with E-state index in [-0.39, 0.29) is 11.9 Å². The number of benzene rings is 1. The number of hydrogen-bond donors (Lipinski definition) is 0. The molecule has 4 rings (SSSR count). The molecule has 2 saturated heterocycles. The van der Waals surface area contributed by atoms with Gasteiger partial charge in [0.15, 0.2) is 11.6 Å². The molecule has 1 aromatic rings. The highest BCUT2D eigenvalue weighted by atomic mass is 19.1. The number of ether oxygens (including phenoxy) is 1. The highest BCUT2D eigenvalue weighted by molar-refractivity contribution is 5.24. The van der Waals surface area contributed by atoms with Crippen molar-refractivity contribution in [3.05, 3.63) is 30.1 Å². The molecule has 2 unspecified atom stereocenters. The van der Waals surface area contributed by atoms with Gasteiger partial charge in [0.1, 0.15) is 6.10 Å². The van der Waals surface area contributed by atoms with Crippen LogP contribution >= 0.6 is 0 Å². The Morgan fingerprint density at radius 1 is 1.05 bits per heavy atom. The molecule has 0 N–H and O–H groups in total. The molecule has 3 fully saturated rings. The third-order valence-corrected chi connectivity index (χ3v) is 5.14. The highest BCUT2D eigenvalue weighted by Gasteiger charge is 2.43. The van der Waals surface area contributed by atoms with Crippen LogP contribution in [-0.2, 0) is 0 Å². The van der Waals surface area contributed by atoms with Crippen molar-refractivity contribution in [1.29, 1.82) is 0 Å². The fourth-order valence-electron chi connectivity index (χ4n) is 3.94. The van der Waals surface area contributed by atoms with Crippen molar-refractivity contribution in [1.82, 2.24) is 4.90 Å². The summed E-state index contributed by atoms with van der Waals surface area (Å²) in [7, 11) is 0. The van der Waals surface area contributed by atoms with Crippen molar-refractivity contribution in [3.8, 4) is 5.75 Å². The Morgan fingerprint density at radius 2 is 1.75 bits per heavy atom. The van der Waals surface area contributed by atoms with Crippen LogP contribution in [0.3, 0.4) is 0 Å². The molecule has 20 heavy (non-hydrogen) atoms. The lowest BCUT2D eigenvalue weighted by Gasteiger charge is -2.39. The lowest BCUT2D eigenvalue weighted by atomic mass is 9.99. The Morgan fingerprint density at radius 3 is 2.40 bits per heavy atom. The van der Waals surface area contributed by atoms with Crippen molar-refractivity contribution in [2.75, 3.05) is 6.54 Å². The second kappa shape index (κ2) is 5.03. The molecule has 1 saturated carbocycles. The normalized spacial score (nSPS) is 33.4. The Labute approximate surface area is 119 Å². The molecule has 0 radical (unpaired) electrons. The van der Waals surface area contributed by atoms with E-state index in [1.165, 1.54) is 38.3 Å². The van der Waals surface area contributed by atoms with E-state index in [4.69, 9.17) is 4.74 Å². The molecule has 3 heteroatoms. The maximum Gasteiger partial charge on any atom is 0.165 e. The van der Waals surface area contributed by atoms with Gasteiger partial charge in [-0.3, -0.25) is 4.90 Å². The maximum absolute atomic E-state index is 13.7. The third-order valence-electron chi connectivity index (χ3n) is 5.14. The second-order valence-electron chi connectivity index (χ2n) is 6.67. The Kier molecular flexibility index (Phi) is 3.18. The van der Waals surface area contributed by atoms with E-state index in [2.05, 4.69) is 4.90 Å². The summed E-state index contributed by atoms with van der Waals surface area (Å²) in [4.78, 5) is 2.72. The number of para-hydroxylation sites is 1. The summed E-state index contributed by atoms with van der Waals surface area (Å²) in [5.41, 5.74) is 0. The van der Waals surface area contributed by atoms with Gasteiger partial charge in [-0.2, -0.15) is 0 Å². The zero-order valence-corrected chi connectivity index (χ0v) is 11.8. The molecule has 1 aromatic carbocycles. The summed E-state index contributed by atoms with van der Waals surface area (Å²) < 4.78 is 19.6. The van der Waals surface area contributed by atoms with Gasteiger partial charge in [-0.15, -0.1) is 0 Å². The van der Waals surface area contributed by atoms with Crippen LogP contribution in [0.1, 0.15) is 38.5 Å². The first kappa shape index (κ1) is 12.6. The summed E-state index contributed by atoms with van der Waals surface area (Å²) in [6, 6.07) is 8.12. The largest absolute Gasteiger partial charge is 0.487 e. The molecule has 2 bridgehead atoms. The third kappa shape index (κ3) is 2.44. The summed E-state index contributed by atoms with van der Waals surface area (Å²) in [5, 5.41) is 0. The van der Waals surface area contributed by atoms with Crippen LogP contribution in [0.2, 0.25) is 0 Å². The van der Waals surface area contributed by atoms with Gasteiger partial charge in [0, 0.05) is 18.6 Å². The number of hydrogen-bond acceptors (Lipinski definition) is 2. The minimum Gasteiger partial charge on any atom is -0.487 e.